The molecule has 2 saturated carbocycles. The maximum Gasteiger partial charge on any atom is 0.407 e. The fourth-order valence-corrected chi connectivity index (χ4v) is 9.65. The molecule has 0 bridgehead atoms. The molecule has 14 heteroatoms. The van der Waals surface area contributed by atoms with E-state index in [2.05, 4.69) is 20.6 Å². The zero-order chi connectivity index (χ0) is 38.5. The van der Waals surface area contributed by atoms with Gasteiger partial charge in [0.2, 0.25) is 11.8 Å². The first-order valence-corrected chi connectivity index (χ1v) is 20.4. The summed E-state index contributed by atoms with van der Waals surface area (Å²) in [6, 6.07) is -1.51. The Morgan fingerprint density at radius 1 is 0.630 bits per heavy atom. The topological polar surface area (TPSA) is 175 Å². The van der Waals surface area contributed by atoms with Crippen LogP contribution in [-0.4, -0.2) is 93.1 Å². The molecular weight excluding hydrogens is 688 g/mol. The monoisotopic (exact) mass is 750 g/mol. The van der Waals surface area contributed by atoms with E-state index in [9.17, 15) is 19.2 Å². The minimum absolute atomic E-state index is 0.0666. The molecule has 2 saturated heterocycles. The largest absolute Gasteiger partial charge is 0.453 e. The Kier molecular flexibility index (Phi) is 12.9. The van der Waals surface area contributed by atoms with E-state index in [4.69, 9.17) is 19.4 Å². The van der Waals surface area contributed by atoms with Crippen LogP contribution >= 0.6 is 0 Å². The summed E-state index contributed by atoms with van der Waals surface area (Å²) in [4.78, 5) is 71.6. The summed E-state index contributed by atoms with van der Waals surface area (Å²) in [7, 11) is 2.62. The van der Waals surface area contributed by atoms with Gasteiger partial charge in [0.15, 0.2) is 0 Å². The molecule has 4 aliphatic rings. The molecule has 0 radical (unpaired) electrons. The summed E-state index contributed by atoms with van der Waals surface area (Å²) in [5, 5.41) is 5.46. The van der Waals surface area contributed by atoms with Crippen molar-refractivity contribution < 1.29 is 28.7 Å². The van der Waals surface area contributed by atoms with E-state index in [-0.39, 0.29) is 35.7 Å². The van der Waals surface area contributed by atoms with Gasteiger partial charge in [0, 0.05) is 48.7 Å². The van der Waals surface area contributed by atoms with E-state index < -0.39 is 24.3 Å². The highest BCUT2D eigenvalue weighted by Crippen LogP contribution is 2.46. The standard InChI is InChI=1S/C40H62N8O6/c1-23(2)33(45-39(51)53-5)37(49)47-19-7-9-31(47)35-41-21-29(43-35)27-15-11-25(12-16-27)26-13-17-28(18-14-26)30-22-42-36(44-30)32-10-8-20-48(32)38(50)34(24(3)4)46-40(52)54-6/h21-28,31-34H,7-20H2,1-6H3,(H,41,43)(H,42,44)(H,45,51)(H,46,52)/t25-,26?,27-,28?,31-,32-,33-,34-/m1/s1. The van der Waals surface area contributed by atoms with Gasteiger partial charge in [0.05, 0.1) is 26.3 Å². The van der Waals surface area contributed by atoms with Gasteiger partial charge in [-0.1, -0.05) is 27.7 Å². The number of alkyl carbamates (subject to hydrolysis) is 2. The van der Waals surface area contributed by atoms with Gasteiger partial charge >= 0.3 is 12.2 Å². The highest BCUT2D eigenvalue weighted by atomic mass is 16.5. The summed E-state index contributed by atoms with van der Waals surface area (Å²) in [6.45, 7) is 9.02. The summed E-state index contributed by atoms with van der Waals surface area (Å²) in [6.07, 6.45) is 15.8. The molecule has 4 N–H and O–H groups in total. The van der Waals surface area contributed by atoms with Crippen molar-refractivity contribution in [1.29, 1.82) is 0 Å². The Labute approximate surface area is 319 Å². The Morgan fingerprint density at radius 3 is 1.33 bits per heavy atom. The number of imidazole rings is 2. The number of carbonyl (C=O) groups excluding carboxylic acids is 4. The quantitative estimate of drug-likeness (QED) is 0.202. The van der Waals surface area contributed by atoms with Crippen LogP contribution in [0.3, 0.4) is 0 Å². The second-order valence-electron chi connectivity index (χ2n) is 16.8. The van der Waals surface area contributed by atoms with Crippen molar-refractivity contribution in [3.8, 4) is 0 Å². The molecule has 6 rings (SSSR count). The van der Waals surface area contributed by atoms with Crippen LogP contribution in [0.4, 0.5) is 9.59 Å². The number of hydrogen-bond donors (Lipinski definition) is 4. The molecule has 2 aromatic heterocycles. The third-order valence-electron chi connectivity index (χ3n) is 12.8. The number of aromatic nitrogens is 4. The van der Waals surface area contributed by atoms with Crippen molar-refractivity contribution in [2.24, 2.45) is 23.7 Å². The summed E-state index contributed by atoms with van der Waals surface area (Å²) < 4.78 is 9.55. The first-order valence-electron chi connectivity index (χ1n) is 20.4. The van der Waals surface area contributed by atoms with Gasteiger partial charge in [-0.25, -0.2) is 19.6 Å². The number of H-pyrrole nitrogens is 2. The number of ether oxygens (including phenoxy) is 2. The lowest BCUT2D eigenvalue weighted by Gasteiger charge is -2.37. The lowest BCUT2D eigenvalue weighted by Crippen LogP contribution is -2.51. The van der Waals surface area contributed by atoms with Crippen LogP contribution in [0, 0.1) is 23.7 Å². The van der Waals surface area contributed by atoms with Crippen molar-refractivity contribution in [2.75, 3.05) is 27.3 Å². The maximum absolute atomic E-state index is 13.6. The number of carbonyl (C=O) groups is 4. The van der Waals surface area contributed by atoms with E-state index in [0.717, 1.165) is 74.9 Å². The zero-order valence-corrected chi connectivity index (χ0v) is 33.1. The number of methoxy groups -OCH3 is 2. The first kappa shape index (κ1) is 39.6. The number of amides is 4. The Morgan fingerprint density at radius 2 is 1.00 bits per heavy atom. The van der Waals surface area contributed by atoms with Gasteiger partial charge in [-0.3, -0.25) is 9.59 Å². The second kappa shape index (κ2) is 17.6. The smallest absolute Gasteiger partial charge is 0.407 e. The van der Waals surface area contributed by atoms with Crippen molar-refractivity contribution in [1.82, 2.24) is 40.4 Å². The second-order valence-corrected chi connectivity index (χ2v) is 16.8. The Bertz CT molecular complexity index is 1470. The van der Waals surface area contributed by atoms with Crippen LogP contribution in [-0.2, 0) is 19.1 Å². The molecule has 4 atom stereocenters. The molecule has 4 amide bonds. The van der Waals surface area contributed by atoms with Gasteiger partial charge in [-0.2, -0.15) is 0 Å². The first-order chi connectivity index (χ1) is 26.0. The third kappa shape index (κ3) is 8.72. The predicted octanol–water partition coefficient (Wildman–Crippen LogP) is 6.47. The van der Waals surface area contributed by atoms with E-state index in [1.807, 2.05) is 49.9 Å². The van der Waals surface area contributed by atoms with Crippen LogP contribution in [0.25, 0.3) is 0 Å². The van der Waals surface area contributed by atoms with E-state index in [1.54, 1.807) is 0 Å². The number of nitrogens with one attached hydrogen (secondary N) is 4. The summed E-state index contributed by atoms with van der Waals surface area (Å²) in [5.74, 6) is 3.78. The fourth-order valence-electron chi connectivity index (χ4n) is 9.65. The van der Waals surface area contributed by atoms with Gasteiger partial charge < -0.3 is 39.9 Å². The maximum atomic E-state index is 13.6. The SMILES string of the molecule is COC(=O)N[C@@H](C(=O)N1CCC[C@@H]1c1ncc(C2CCC([C@H]3CC[C@H](c4cnc([C@H]5CCCN5C(=O)[C@H](NC(=O)OC)C(C)C)[nH]4)CC3)CC2)[nH]1)C(C)C. The minimum Gasteiger partial charge on any atom is -0.453 e. The molecule has 0 aromatic carbocycles. The van der Waals surface area contributed by atoms with Crippen LogP contribution < -0.4 is 10.6 Å². The predicted molar refractivity (Wildman–Crippen MR) is 202 cm³/mol. The third-order valence-corrected chi connectivity index (χ3v) is 12.8. The number of hydrogen-bond acceptors (Lipinski definition) is 8. The molecule has 2 aliphatic carbocycles. The number of rotatable bonds is 11. The van der Waals surface area contributed by atoms with Crippen molar-refractivity contribution in [3.05, 3.63) is 35.4 Å². The molecule has 4 heterocycles. The molecular formula is C40H62N8O6. The average Bonchev–Trinajstić information content (AvgIpc) is 4.02. The van der Waals surface area contributed by atoms with Gasteiger partial charge in [0.25, 0.3) is 0 Å². The lowest BCUT2D eigenvalue weighted by molar-refractivity contribution is -0.136. The van der Waals surface area contributed by atoms with E-state index in [1.165, 1.54) is 51.3 Å². The fraction of sp³-hybridized carbons (Fsp3) is 0.750. The van der Waals surface area contributed by atoms with E-state index in [0.29, 0.717) is 24.9 Å². The van der Waals surface area contributed by atoms with Crippen LogP contribution in [0.1, 0.15) is 152 Å². The highest BCUT2D eigenvalue weighted by Gasteiger charge is 2.40. The van der Waals surface area contributed by atoms with Gasteiger partial charge in [0.1, 0.15) is 23.7 Å². The van der Waals surface area contributed by atoms with Crippen molar-refractivity contribution in [3.63, 3.8) is 0 Å². The van der Waals surface area contributed by atoms with Crippen molar-refractivity contribution in [2.45, 2.75) is 141 Å². The highest BCUT2D eigenvalue weighted by molar-refractivity contribution is 5.87. The van der Waals surface area contributed by atoms with Crippen molar-refractivity contribution >= 4 is 24.0 Å². The zero-order valence-electron chi connectivity index (χ0n) is 33.1. The molecule has 2 aliphatic heterocycles. The Balaban J connectivity index is 0.986. The molecule has 4 fully saturated rings. The van der Waals surface area contributed by atoms with Gasteiger partial charge in [-0.05, 0) is 101 Å². The molecule has 0 unspecified atom stereocenters. The van der Waals surface area contributed by atoms with Gasteiger partial charge in [-0.15, -0.1) is 0 Å². The average molecular weight is 751 g/mol. The lowest BCUT2D eigenvalue weighted by atomic mass is 9.68. The number of nitrogens with zero attached hydrogens (tertiary/aromatic N) is 4. The molecule has 2 aromatic rings. The normalized spacial score (nSPS) is 27.2. The molecule has 298 valence electrons. The minimum atomic E-state index is -0.642. The Hall–Kier alpha value is -4.10. The molecule has 14 nitrogen and oxygen atoms in total. The molecule has 54 heavy (non-hydrogen) atoms. The molecule has 0 spiro atoms. The van der Waals surface area contributed by atoms with Crippen LogP contribution in [0.5, 0.6) is 0 Å². The van der Waals surface area contributed by atoms with Crippen LogP contribution in [0.2, 0.25) is 0 Å². The summed E-state index contributed by atoms with van der Waals surface area (Å²) in [5.41, 5.74) is 2.35. The van der Waals surface area contributed by atoms with Crippen LogP contribution in [0.15, 0.2) is 12.4 Å². The number of aromatic amines is 2. The summed E-state index contributed by atoms with van der Waals surface area (Å²) >= 11 is 0. The number of likely N-dealkylation sites (tertiary alicyclic amines) is 2. The van der Waals surface area contributed by atoms with E-state index >= 15 is 0 Å².